The Bertz CT molecular complexity index is 438. The molecule has 0 spiro atoms. The first-order valence-corrected chi connectivity index (χ1v) is 6.97. The quantitative estimate of drug-likeness (QED) is 0.887. The van der Waals surface area contributed by atoms with Crippen LogP contribution in [0.3, 0.4) is 0 Å². The minimum Gasteiger partial charge on any atom is -0.316 e. The Morgan fingerprint density at radius 3 is 3.00 bits per heavy atom. The summed E-state index contributed by atoms with van der Waals surface area (Å²) < 4.78 is 13.1. The number of hydrogen-bond donors (Lipinski definition) is 1. The van der Waals surface area contributed by atoms with Crippen LogP contribution in [0.15, 0.2) is 18.2 Å². The van der Waals surface area contributed by atoms with E-state index in [2.05, 4.69) is 10.2 Å². The third-order valence-electron chi connectivity index (χ3n) is 4.18. The first-order chi connectivity index (χ1) is 8.72. The van der Waals surface area contributed by atoms with E-state index < -0.39 is 0 Å². The fourth-order valence-electron chi connectivity index (χ4n) is 3.15. The molecule has 1 aromatic rings. The monoisotopic (exact) mass is 268 g/mol. The predicted molar refractivity (Wildman–Crippen MR) is 71.2 cm³/mol. The van der Waals surface area contributed by atoms with Gasteiger partial charge in [0.25, 0.3) is 0 Å². The molecule has 0 aliphatic carbocycles. The van der Waals surface area contributed by atoms with Crippen molar-refractivity contribution in [3.63, 3.8) is 0 Å². The predicted octanol–water partition coefficient (Wildman–Crippen LogP) is 2.52. The standard InChI is InChI=1S/C14H18ClFN2/c15-13-5-10(1-2-14(13)16)8-18-4-3-11-6-17-7-12(11)9-18/h1-2,5,11-12,17H,3-4,6-9H2. The molecule has 1 aromatic carbocycles. The summed E-state index contributed by atoms with van der Waals surface area (Å²) in [4.78, 5) is 2.46. The Balaban J connectivity index is 1.64. The number of likely N-dealkylation sites (tertiary alicyclic amines) is 1. The van der Waals surface area contributed by atoms with Crippen LogP contribution in [0.4, 0.5) is 4.39 Å². The van der Waals surface area contributed by atoms with Crippen molar-refractivity contribution in [1.82, 2.24) is 10.2 Å². The van der Waals surface area contributed by atoms with Crippen LogP contribution in [0.2, 0.25) is 5.02 Å². The van der Waals surface area contributed by atoms with Crippen molar-refractivity contribution >= 4 is 11.6 Å². The zero-order valence-corrected chi connectivity index (χ0v) is 11.1. The molecule has 2 aliphatic heterocycles. The lowest BCUT2D eigenvalue weighted by Gasteiger charge is -2.34. The molecule has 18 heavy (non-hydrogen) atoms. The van der Waals surface area contributed by atoms with Gasteiger partial charge in [-0.15, -0.1) is 0 Å². The maximum absolute atomic E-state index is 13.1. The summed E-state index contributed by atoms with van der Waals surface area (Å²) in [6.45, 7) is 5.49. The summed E-state index contributed by atoms with van der Waals surface area (Å²) in [5.74, 6) is 1.31. The Kier molecular flexibility index (Phi) is 3.55. The highest BCUT2D eigenvalue weighted by Crippen LogP contribution is 2.27. The molecule has 0 saturated carbocycles. The molecule has 2 aliphatic rings. The number of fused-ring (bicyclic) bond motifs is 1. The van der Waals surface area contributed by atoms with Crippen LogP contribution in [0.1, 0.15) is 12.0 Å². The Morgan fingerprint density at radius 2 is 2.17 bits per heavy atom. The highest BCUT2D eigenvalue weighted by Gasteiger charge is 2.32. The van der Waals surface area contributed by atoms with E-state index in [9.17, 15) is 4.39 Å². The number of benzene rings is 1. The number of piperidine rings is 1. The highest BCUT2D eigenvalue weighted by atomic mass is 35.5. The Hall–Kier alpha value is -0.640. The molecular weight excluding hydrogens is 251 g/mol. The molecule has 0 bridgehead atoms. The van der Waals surface area contributed by atoms with E-state index in [-0.39, 0.29) is 10.8 Å². The van der Waals surface area contributed by atoms with Gasteiger partial charge in [-0.2, -0.15) is 0 Å². The fraction of sp³-hybridized carbons (Fsp3) is 0.571. The van der Waals surface area contributed by atoms with E-state index in [1.54, 1.807) is 6.07 Å². The van der Waals surface area contributed by atoms with Crippen molar-refractivity contribution in [3.8, 4) is 0 Å². The average Bonchev–Trinajstić information content (AvgIpc) is 2.81. The van der Waals surface area contributed by atoms with Crippen LogP contribution in [0.25, 0.3) is 0 Å². The van der Waals surface area contributed by atoms with Gasteiger partial charge in [0.05, 0.1) is 5.02 Å². The van der Waals surface area contributed by atoms with E-state index in [0.29, 0.717) is 0 Å². The van der Waals surface area contributed by atoms with Crippen molar-refractivity contribution in [2.75, 3.05) is 26.2 Å². The lowest BCUT2D eigenvalue weighted by atomic mass is 9.88. The lowest BCUT2D eigenvalue weighted by molar-refractivity contribution is 0.142. The molecule has 98 valence electrons. The van der Waals surface area contributed by atoms with Crippen LogP contribution in [-0.4, -0.2) is 31.1 Å². The molecule has 0 aromatic heterocycles. The average molecular weight is 269 g/mol. The molecule has 2 fully saturated rings. The molecular formula is C14H18ClFN2. The molecule has 0 amide bonds. The number of rotatable bonds is 2. The van der Waals surface area contributed by atoms with Gasteiger partial charge in [-0.3, -0.25) is 4.90 Å². The Morgan fingerprint density at radius 1 is 1.33 bits per heavy atom. The molecule has 2 heterocycles. The van der Waals surface area contributed by atoms with Gasteiger partial charge in [0.1, 0.15) is 5.82 Å². The van der Waals surface area contributed by atoms with Crippen LogP contribution in [0, 0.1) is 17.7 Å². The van der Waals surface area contributed by atoms with Crippen LogP contribution in [0.5, 0.6) is 0 Å². The summed E-state index contributed by atoms with van der Waals surface area (Å²) in [6, 6.07) is 5.04. The largest absolute Gasteiger partial charge is 0.316 e. The van der Waals surface area contributed by atoms with Gasteiger partial charge in [0.2, 0.25) is 0 Å². The van der Waals surface area contributed by atoms with Crippen molar-refractivity contribution in [1.29, 1.82) is 0 Å². The summed E-state index contributed by atoms with van der Waals surface area (Å²) >= 11 is 5.82. The van der Waals surface area contributed by atoms with Crippen LogP contribution >= 0.6 is 11.6 Å². The molecule has 4 heteroatoms. The maximum Gasteiger partial charge on any atom is 0.141 e. The molecule has 3 rings (SSSR count). The van der Waals surface area contributed by atoms with Gasteiger partial charge in [0, 0.05) is 13.1 Å². The topological polar surface area (TPSA) is 15.3 Å². The maximum atomic E-state index is 13.1. The number of nitrogens with zero attached hydrogens (tertiary/aromatic N) is 1. The second-order valence-corrected chi connectivity index (χ2v) is 5.86. The van der Waals surface area contributed by atoms with Gasteiger partial charge in [-0.05, 0) is 55.6 Å². The first-order valence-electron chi connectivity index (χ1n) is 6.59. The first kappa shape index (κ1) is 12.4. The molecule has 2 atom stereocenters. The van der Waals surface area contributed by atoms with Gasteiger partial charge in [-0.25, -0.2) is 4.39 Å². The zero-order chi connectivity index (χ0) is 12.5. The van der Waals surface area contributed by atoms with Gasteiger partial charge >= 0.3 is 0 Å². The molecule has 1 N–H and O–H groups in total. The van der Waals surface area contributed by atoms with Crippen LogP contribution in [-0.2, 0) is 6.54 Å². The van der Waals surface area contributed by atoms with Crippen molar-refractivity contribution in [2.45, 2.75) is 13.0 Å². The van der Waals surface area contributed by atoms with Crippen molar-refractivity contribution in [2.24, 2.45) is 11.8 Å². The number of hydrogen-bond acceptors (Lipinski definition) is 2. The van der Waals surface area contributed by atoms with Crippen molar-refractivity contribution in [3.05, 3.63) is 34.6 Å². The Labute approximate surface area is 112 Å². The summed E-state index contributed by atoms with van der Waals surface area (Å²) in [5.41, 5.74) is 1.10. The number of nitrogens with one attached hydrogen (secondary N) is 1. The third kappa shape index (κ3) is 2.53. The van der Waals surface area contributed by atoms with Crippen molar-refractivity contribution < 1.29 is 4.39 Å². The van der Waals surface area contributed by atoms with E-state index in [1.807, 2.05) is 6.07 Å². The van der Waals surface area contributed by atoms with Gasteiger partial charge in [0.15, 0.2) is 0 Å². The molecule has 0 radical (unpaired) electrons. The van der Waals surface area contributed by atoms with Crippen LogP contribution < -0.4 is 5.32 Å². The highest BCUT2D eigenvalue weighted by molar-refractivity contribution is 6.30. The van der Waals surface area contributed by atoms with E-state index in [1.165, 1.54) is 19.0 Å². The minimum atomic E-state index is -0.334. The summed E-state index contributed by atoms with van der Waals surface area (Å²) in [7, 11) is 0. The third-order valence-corrected chi connectivity index (χ3v) is 4.47. The van der Waals surface area contributed by atoms with Gasteiger partial charge in [-0.1, -0.05) is 17.7 Å². The van der Waals surface area contributed by atoms with E-state index in [0.717, 1.165) is 43.6 Å². The SMILES string of the molecule is Fc1ccc(CN2CCC3CNCC3C2)cc1Cl. The lowest BCUT2D eigenvalue weighted by Crippen LogP contribution is -2.39. The smallest absolute Gasteiger partial charge is 0.141 e. The molecule has 2 nitrogen and oxygen atoms in total. The molecule has 2 unspecified atom stereocenters. The second kappa shape index (κ2) is 5.16. The van der Waals surface area contributed by atoms with E-state index >= 15 is 0 Å². The fourth-order valence-corrected chi connectivity index (χ4v) is 3.35. The zero-order valence-electron chi connectivity index (χ0n) is 10.3. The summed E-state index contributed by atoms with van der Waals surface area (Å²) in [6.07, 6.45) is 1.27. The normalized spacial score (nSPS) is 28.3. The molecule has 2 saturated heterocycles. The minimum absolute atomic E-state index is 0.227. The summed E-state index contributed by atoms with van der Waals surface area (Å²) in [5, 5.41) is 3.69. The van der Waals surface area contributed by atoms with Gasteiger partial charge < -0.3 is 5.32 Å². The second-order valence-electron chi connectivity index (χ2n) is 5.45. The van der Waals surface area contributed by atoms with E-state index in [4.69, 9.17) is 11.6 Å². The number of halogens is 2.